The minimum Gasteiger partial charge on any atom is -0.457 e. The average molecular weight is 403 g/mol. The Morgan fingerprint density at radius 2 is 1.54 bits per heavy atom. The molecule has 0 saturated carbocycles. The normalized spacial score (nSPS) is 17.0. The minimum absolute atomic E-state index is 0.188. The van der Waals surface area contributed by atoms with E-state index in [1.54, 1.807) is 11.8 Å². The van der Waals surface area contributed by atoms with Crippen molar-refractivity contribution in [1.29, 1.82) is 0 Å². The predicted molar refractivity (Wildman–Crippen MR) is 116 cm³/mol. The highest BCUT2D eigenvalue weighted by Gasteiger charge is 2.04. The van der Waals surface area contributed by atoms with Gasteiger partial charge in [0.25, 0.3) is 0 Å². The van der Waals surface area contributed by atoms with Gasteiger partial charge in [-0.3, -0.25) is 4.79 Å². The summed E-state index contributed by atoms with van der Waals surface area (Å²) >= 11 is 1.71. The standard InChI is InChI=1S/C12H10O.C5H9NOS.C5H11NO/c1-3-7-11(8-4-1)13-12-9-5-2-6-10-12;7-5-4-8-3-1-2-6-5;1-6-2-4-7-5-3-6/h1-10H;1-4H2,(H,6,7);2-5H2,1H3. The van der Waals surface area contributed by atoms with Crippen LogP contribution in [-0.4, -0.2) is 62.2 Å². The van der Waals surface area contributed by atoms with Gasteiger partial charge in [-0.15, -0.1) is 0 Å². The van der Waals surface area contributed by atoms with E-state index in [1.165, 1.54) is 0 Å². The highest BCUT2D eigenvalue weighted by atomic mass is 32.2. The lowest BCUT2D eigenvalue weighted by Gasteiger charge is -2.21. The zero-order valence-corrected chi connectivity index (χ0v) is 17.3. The number of amides is 1. The maximum absolute atomic E-state index is 10.6. The maximum atomic E-state index is 10.6. The van der Waals surface area contributed by atoms with Gasteiger partial charge in [0.2, 0.25) is 5.91 Å². The van der Waals surface area contributed by atoms with Crippen LogP contribution in [0.25, 0.3) is 0 Å². The van der Waals surface area contributed by atoms with Gasteiger partial charge in [-0.2, -0.15) is 11.8 Å². The SMILES string of the molecule is CN1CCOCC1.O=C1CSCCCN1.c1ccc(Oc2ccccc2)cc1. The van der Waals surface area contributed by atoms with Crippen molar-refractivity contribution in [1.82, 2.24) is 10.2 Å². The third-order valence-electron chi connectivity index (χ3n) is 3.98. The minimum atomic E-state index is 0.188. The lowest BCUT2D eigenvalue weighted by molar-refractivity contribution is -0.118. The highest BCUT2D eigenvalue weighted by Crippen LogP contribution is 2.19. The predicted octanol–water partition coefficient (Wildman–Crippen LogP) is 3.67. The molecule has 1 amide bonds. The Morgan fingerprint density at radius 3 is 2.04 bits per heavy atom. The van der Waals surface area contributed by atoms with E-state index in [-0.39, 0.29) is 5.91 Å². The Hall–Kier alpha value is -2.02. The molecule has 2 heterocycles. The molecule has 0 aliphatic carbocycles. The van der Waals surface area contributed by atoms with Gasteiger partial charge in [-0.1, -0.05) is 36.4 Å². The first-order valence-corrected chi connectivity index (χ1v) is 10.8. The molecule has 1 N–H and O–H groups in total. The second kappa shape index (κ2) is 14.0. The van der Waals surface area contributed by atoms with Crippen molar-refractivity contribution in [3.05, 3.63) is 60.7 Å². The van der Waals surface area contributed by atoms with Crippen LogP contribution in [0.3, 0.4) is 0 Å². The first-order valence-electron chi connectivity index (χ1n) is 9.63. The summed E-state index contributed by atoms with van der Waals surface area (Å²) in [6.07, 6.45) is 1.12. The molecular weight excluding hydrogens is 372 g/mol. The van der Waals surface area contributed by atoms with Gasteiger partial charge in [0, 0.05) is 19.6 Å². The van der Waals surface area contributed by atoms with Gasteiger partial charge in [-0.25, -0.2) is 0 Å². The Balaban J connectivity index is 0.000000161. The van der Waals surface area contributed by atoms with Crippen LogP contribution in [0.4, 0.5) is 0 Å². The number of hydrogen-bond donors (Lipinski definition) is 1. The summed E-state index contributed by atoms with van der Waals surface area (Å²) in [5.74, 6) is 3.70. The molecule has 0 bridgehead atoms. The summed E-state index contributed by atoms with van der Waals surface area (Å²) in [7, 11) is 2.11. The molecule has 2 aromatic carbocycles. The number of benzene rings is 2. The monoisotopic (exact) mass is 402 g/mol. The second-order valence-electron chi connectivity index (χ2n) is 6.40. The number of thioether (sulfide) groups is 1. The van der Waals surface area contributed by atoms with Gasteiger partial charge in [0.15, 0.2) is 0 Å². The van der Waals surface area contributed by atoms with E-state index in [9.17, 15) is 4.79 Å². The molecule has 0 unspecified atom stereocenters. The first-order chi connectivity index (χ1) is 13.7. The van der Waals surface area contributed by atoms with Crippen molar-refractivity contribution >= 4 is 17.7 Å². The highest BCUT2D eigenvalue weighted by molar-refractivity contribution is 7.99. The smallest absolute Gasteiger partial charge is 0.229 e. The molecule has 6 heteroatoms. The second-order valence-corrected chi connectivity index (χ2v) is 7.51. The zero-order valence-electron chi connectivity index (χ0n) is 16.5. The molecular formula is C22H30N2O3S. The lowest BCUT2D eigenvalue weighted by atomic mass is 10.3. The number of ether oxygens (including phenoxy) is 2. The molecule has 2 saturated heterocycles. The van der Waals surface area contributed by atoms with E-state index in [1.807, 2.05) is 60.7 Å². The van der Waals surface area contributed by atoms with Crippen molar-refractivity contribution in [3.63, 3.8) is 0 Å². The number of nitrogens with zero attached hydrogens (tertiary/aromatic N) is 1. The van der Waals surface area contributed by atoms with Crippen molar-refractivity contribution in [3.8, 4) is 11.5 Å². The van der Waals surface area contributed by atoms with Crippen LogP contribution < -0.4 is 10.1 Å². The Morgan fingerprint density at radius 1 is 0.964 bits per heavy atom. The third-order valence-corrected chi connectivity index (χ3v) is 5.02. The number of nitrogens with one attached hydrogen (secondary N) is 1. The van der Waals surface area contributed by atoms with Gasteiger partial charge >= 0.3 is 0 Å². The van der Waals surface area contributed by atoms with Crippen molar-refractivity contribution in [2.75, 3.05) is 51.4 Å². The summed E-state index contributed by atoms with van der Waals surface area (Å²) < 4.78 is 10.7. The van der Waals surface area contributed by atoms with Gasteiger partial charge in [0.05, 0.1) is 19.0 Å². The maximum Gasteiger partial charge on any atom is 0.229 e. The van der Waals surface area contributed by atoms with E-state index in [4.69, 9.17) is 9.47 Å². The largest absolute Gasteiger partial charge is 0.457 e. The Labute approximate surface area is 172 Å². The molecule has 2 aliphatic heterocycles. The van der Waals surface area contributed by atoms with Crippen LogP contribution in [0.5, 0.6) is 11.5 Å². The van der Waals surface area contributed by atoms with Crippen LogP contribution in [0.1, 0.15) is 6.42 Å². The zero-order chi connectivity index (χ0) is 19.9. The summed E-state index contributed by atoms with van der Waals surface area (Å²) in [4.78, 5) is 12.8. The summed E-state index contributed by atoms with van der Waals surface area (Å²) in [6, 6.07) is 19.5. The number of carbonyl (C=O) groups is 1. The van der Waals surface area contributed by atoms with Crippen LogP contribution in [0.15, 0.2) is 60.7 Å². The fraction of sp³-hybridized carbons (Fsp3) is 0.409. The summed E-state index contributed by atoms with van der Waals surface area (Å²) in [5.41, 5.74) is 0. The molecule has 4 rings (SSSR count). The molecule has 5 nitrogen and oxygen atoms in total. The van der Waals surface area contributed by atoms with E-state index >= 15 is 0 Å². The van der Waals surface area contributed by atoms with Gasteiger partial charge < -0.3 is 19.7 Å². The van der Waals surface area contributed by atoms with Crippen LogP contribution in [-0.2, 0) is 9.53 Å². The first kappa shape index (κ1) is 22.3. The molecule has 2 fully saturated rings. The average Bonchev–Trinajstić information content (AvgIpc) is 2.99. The molecule has 2 aromatic rings. The quantitative estimate of drug-likeness (QED) is 0.831. The van der Waals surface area contributed by atoms with Gasteiger partial charge in [-0.05, 0) is 43.5 Å². The number of carbonyl (C=O) groups excluding carboxylic acids is 1. The summed E-state index contributed by atoms with van der Waals surface area (Å²) in [6.45, 7) is 4.89. The summed E-state index contributed by atoms with van der Waals surface area (Å²) in [5, 5.41) is 2.78. The number of para-hydroxylation sites is 2. The van der Waals surface area contributed by atoms with Gasteiger partial charge in [0.1, 0.15) is 11.5 Å². The number of hydrogen-bond acceptors (Lipinski definition) is 5. The topological polar surface area (TPSA) is 50.8 Å². The molecule has 0 aromatic heterocycles. The molecule has 0 spiro atoms. The molecule has 152 valence electrons. The molecule has 2 aliphatic rings. The number of rotatable bonds is 2. The Bertz CT molecular complexity index is 602. The lowest BCUT2D eigenvalue weighted by Crippen LogP contribution is -2.32. The van der Waals surface area contributed by atoms with E-state index in [0.29, 0.717) is 5.75 Å². The van der Waals surface area contributed by atoms with Crippen molar-refractivity contribution in [2.24, 2.45) is 0 Å². The van der Waals surface area contributed by atoms with Crippen LogP contribution in [0.2, 0.25) is 0 Å². The number of likely N-dealkylation sites (N-methyl/N-ethyl adjacent to an activating group) is 1. The van der Waals surface area contributed by atoms with Crippen LogP contribution in [0, 0.1) is 0 Å². The van der Waals surface area contributed by atoms with Crippen molar-refractivity contribution < 1.29 is 14.3 Å². The fourth-order valence-corrected chi connectivity index (χ4v) is 3.17. The Kier molecular flexibility index (Phi) is 11.2. The third kappa shape index (κ3) is 10.3. The fourth-order valence-electron chi connectivity index (χ4n) is 2.39. The van der Waals surface area contributed by atoms with E-state index in [2.05, 4.69) is 17.3 Å². The molecule has 0 radical (unpaired) electrons. The van der Waals surface area contributed by atoms with Crippen molar-refractivity contribution in [2.45, 2.75) is 6.42 Å². The number of morpholine rings is 1. The molecule has 0 atom stereocenters. The van der Waals surface area contributed by atoms with E-state index < -0.39 is 0 Å². The van der Waals surface area contributed by atoms with Crippen LogP contribution >= 0.6 is 11.8 Å². The van der Waals surface area contributed by atoms with E-state index in [0.717, 1.165) is 56.5 Å². The molecule has 28 heavy (non-hydrogen) atoms.